The monoisotopic (exact) mass is 300 g/mol. The number of benzene rings is 1. The van der Waals surface area contributed by atoms with Crippen molar-refractivity contribution in [2.24, 2.45) is 5.73 Å². The summed E-state index contributed by atoms with van der Waals surface area (Å²) in [5.41, 5.74) is 8.96. The van der Waals surface area contributed by atoms with Crippen LogP contribution < -0.4 is 5.73 Å². The molecule has 1 aliphatic carbocycles. The first-order valence-corrected chi connectivity index (χ1v) is 8.66. The Kier molecular flexibility index (Phi) is 4.43. The highest BCUT2D eigenvalue weighted by atomic mass is 32.1. The summed E-state index contributed by atoms with van der Waals surface area (Å²) < 4.78 is 0. The molecular formula is C18H24N2S. The predicted molar refractivity (Wildman–Crippen MR) is 90.6 cm³/mol. The Balaban J connectivity index is 1.77. The molecular weight excluding hydrogens is 276 g/mol. The Morgan fingerprint density at radius 1 is 1.24 bits per heavy atom. The maximum absolute atomic E-state index is 6.16. The van der Waals surface area contributed by atoms with E-state index in [4.69, 9.17) is 5.73 Å². The van der Waals surface area contributed by atoms with Gasteiger partial charge in [-0.2, -0.15) is 11.3 Å². The minimum absolute atomic E-state index is 0.0277. The van der Waals surface area contributed by atoms with Gasteiger partial charge < -0.3 is 5.73 Å². The fraction of sp³-hybridized carbons (Fsp3) is 0.444. The molecule has 1 fully saturated rings. The summed E-state index contributed by atoms with van der Waals surface area (Å²) in [4.78, 5) is 2.63. The molecule has 2 nitrogen and oxygen atoms in total. The molecule has 3 rings (SSSR count). The molecule has 1 unspecified atom stereocenters. The van der Waals surface area contributed by atoms with E-state index in [1.807, 2.05) is 0 Å². The largest absolute Gasteiger partial charge is 0.330 e. The molecule has 1 atom stereocenters. The van der Waals surface area contributed by atoms with Gasteiger partial charge in [-0.25, -0.2) is 0 Å². The van der Waals surface area contributed by atoms with E-state index < -0.39 is 0 Å². The van der Waals surface area contributed by atoms with E-state index >= 15 is 0 Å². The number of hydrogen-bond acceptors (Lipinski definition) is 3. The van der Waals surface area contributed by atoms with Gasteiger partial charge in [0.2, 0.25) is 0 Å². The third kappa shape index (κ3) is 3.54. The van der Waals surface area contributed by atoms with Crippen LogP contribution in [-0.4, -0.2) is 24.0 Å². The van der Waals surface area contributed by atoms with Crippen LogP contribution in [-0.2, 0) is 12.0 Å². The molecule has 1 aromatic carbocycles. The minimum atomic E-state index is 0.0277. The summed E-state index contributed by atoms with van der Waals surface area (Å²) >= 11 is 1.78. The maximum atomic E-state index is 6.16. The van der Waals surface area contributed by atoms with Gasteiger partial charge in [-0.15, -0.1) is 0 Å². The van der Waals surface area contributed by atoms with Gasteiger partial charge >= 0.3 is 0 Å². The molecule has 2 aromatic rings. The fourth-order valence-corrected chi connectivity index (χ4v) is 3.59. The molecule has 0 radical (unpaired) electrons. The molecule has 112 valence electrons. The van der Waals surface area contributed by atoms with E-state index in [0.29, 0.717) is 6.54 Å². The first-order valence-electron chi connectivity index (χ1n) is 7.72. The molecule has 2 N–H and O–H groups in total. The van der Waals surface area contributed by atoms with Crippen LogP contribution in [0.3, 0.4) is 0 Å². The summed E-state index contributed by atoms with van der Waals surface area (Å²) in [7, 11) is 0. The van der Waals surface area contributed by atoms with E-state index in [9.17, 15) is 0 Å². The van der Waals surface area contributed by atoms with Crippen molar-refractivity contribution in [2.45, 2.75) is 37.8 Å². The van der Waals surface area contributed by atoms with Gasteiger partial charge in [-0.05, 0) is 40.8 Å². The fourth-order valence-electron chi connectivity index (χ4n) is 2.93. The molecule has 0 aliphatic heterocycles. The zero-order valence-electron chi connectivity index (χ0n) is 12.7. The third-order valence-corrected chi connectivity index (χ3v) is 5.23. The summed E-state index contributed by atoms with van der Waals surface area (Å²) in [5, 5.41) is 4.43. The Morgan fingerprint density at radius 2 is 2.00 bits per heavy atom. The number of thiophene rings is 1. The Morgan fingerprint density at radius 3 is 2.57 bits per heavy atom. The van der Waals surface area contributed by atoms with Crippen molar-refractivity contribution in [3.63, 3.8) is 0 Å². The quantitative estimate of drug-likeness (QED) is 0.846. The Bertz CT molecular complexity index is 548. The van der Waals surface area contributed by atoms with E-state index in [1.165, 1.54) is 24.0 Å². The normalized spacial score (nSPS) is 17.9. The van der Waals surface area contributed by atoms with Crippen molar-refractivity contribution < 1.29 is 0 Å². The average molecular weight is 300 g/mol. The smallest absolute Gasteiger partial charge is 0.0245 e. The van der Waals surface area contributed by atoms with E-state index in [2.05, 4.69) is 59.0 Å². The third-order valence-electron chi connectivity index (χ3n) is 4.50. The van der Waals surface area contributed by atoms with Crippen molar-refractivity contribution in [1.82, 2.24) is 4.90 Å². The number of nitrogens with zero attached hydrogens (tertiary/aromatic N) is 1. The molecule has 1 saturated carbocycles. The van der Waals surface area contributed by atoms with Gasteiger partial charge in [0.15, 0.2) is 0 Å². The molecule has 21 heavy (non-hydrogen) atoms. The van der Waals surface area contributed by atoms with Crippen LogP contribution in [0.4, 0.5) is 0 Å². The van der Waals surface area contributed by atoms with Gasteiger partial charge in [0.25, 0.3) is 0 Å². The molecule has 1 aliphatic rings. The molecule has 0 spiro atoms. The van der Waals surface area contributed by atoms with Gasteiger partial charge in [0, 0.05) is 31.1 Å². The lowest BCUT2D eigenvalue weighted by molar-refractivity contribution is 0.200. The van der Waals surface area contributed by atoms with Crippen LogP contribution >= 0.6 is 11.3 Å². The standard InChI is InChI=1S/C18H24N2S/c1-18(13-19,16-5-3-2-4-6-16)14-20(17-7-8-17)11-15-9-10-21-12-15/h2-6,9-10,12,17H,7-8,11,13-14,19H2,1H3. The second-order valence-electron chi connectivity index (χ2n) is 6.40. The first-order chi connectivity index (χ1) is 10.2. The number of hydrogen-bond donors (Lipinski definition) is 1. The van der Waals surface area contributed by atoms with Crippen LogP contribution in [0.25, 0.3) is 0 Å². The summed E-state index contributed by atoms with van der Waals surface area (Å²) in [6, 6.07) is 13.7. The van der Waals surface area contributed by atoms with E-state index in [0.717, 1.165) is 19.1 Å². The Labute approximate surface area is 131 Å². The van der Waals surface area contributed by atoms with Crippen LogP contribution in [0.5, 0.6) is 0 Å². The van der Waals surface area contributed by atoms with Crippen LogP contribution in [0.15, 0.2) is 47.2 Å². The molecule has 3 heteroatoms. The predicted octanol–water partition coefficient (Wildman–Crippen LogP) is 3.63. The van der Waals surface area contributed by atoms with E-state index in [-0.39, 0.29) is 5.41 Å². The number of rotatable bonds is 7. The zero-order valence-corrected chi connectivity index (χ0v) is 13.5. The highest BCUT2D eigenvalue weighted by molar-refractivity contribution is 7.07. The minimum Gasteiger partial charge on any atom is -0.330 e. The highest BCUT2D eigenvalue weighted by Crippen LogP contribution is 2.33. The summed E-state index contributed by atoms with van der Waals surface area (Å²) in [5.74, 6) is 0. The average Bonchev–Trinajstić information content (AvgIpc) is 3.25. The van der Waals surface area contributed by atoms with Gasteiger partial charge in [-0.1, -0.05) is 37.3 Å². The SMILES string of the molecule is CC(CN)(CN(Cc1ccsc1)C1CC1)c1ccccc1. The van der Waals surface area contributed by atoms with Crippen molar-refractivity contribution in [2.75, 3.05) is 13.1 Å². The topological polar surface area (TPSA) is 29.3 Å². The lowest BCUT2D eigenvalue weighted by Gasteiger charge is -2.35. The van der Waals surface area contributed by atoms with Gasteiger partial charge in [-0.3, -0.25) is 4.90 Å². The molecule has 1 heterocycles. The lowest BCUT2D eigenvalue weighted by Crippen LogP contribution is -2.44. The molecule has 1 aromatic heterocycles. The second kappa shape index (κ2) is 6.30. The van der Waals surface area contributed by atoms with Gasteiger partial charge in [0.05, 0.1) is 0 Å². The first kappa shape index (κ1) is 14.8. The second-order valence-corrected chi connectivity index (χ2v) is 7.18. The molecule has 0 bridgehead atoms. The van der Waals surface area contributed by atoms with Gasteiger partial charge in [0.1, 0.15) is 0 Å². The number of nitrogens with two attached hydrogens (primary N) is 1. The van der Waals surface area contributed by atoms with Crippen LogP contribution in [0.1, 0.15) is 30.9 Å². The van der Waals surface area contributed by atoms with Crippen molar-refractivity contribution in [3.05, 3.63) is 58.3 Å². The zero-order chi connectivity index (χ0) is 14.7. The van der Waals surface area contributed by atoms with Crippen LogP contribution in [0.2, 0.25) is 0 Å². The summed E-state index contributed by atoms with van der Waals surface area (Å²) in [6.07, 6.45) is 2.67. The van der Waals surface area contributed by atoms with Crippen molar-refractivity contribution >= 4 is 11.3 Å². The van der Waals surface area contributed by atoms with E-state index in [1.54, 1.807) is 11.3 Å². The van der Waals surface area contributed by atoms with Crippen LogP contribution in [0, 0.1) is 0 Å². The lowest BCUT2D eigenvalue weighted by atomic mass is 9.82. The maximum Gasteiger partial charge on any atom is 0.0245 e. The summed E-state index contributed by atoms with van der Waals surface area (Å²) in [6.45, 7) is 5.07. The molecule has 0 saturated heterocycles. The Hall–Kier alpha value is -1.16. The van der Waals surface area contributed by atoms with Crippen molar-refractivity contribution in [3.8, 4) is 0 Å². The van der Waals surface area contributed by atoms with Crippen molar-refractivity contribution in [1.29, 1.82) is 0 Å². The molecule has 0 amide bonds. The highest BCUT2D eigenvalue weighted by Gasteiger charge is 2.35.